The van der Waals surface area contributed by atoms with Crippen LogP contribution in [0.15, 0.2) is 42.5 Å². The summed E-state index contributed by atoms with van der Waals surface area (Å²) >= 11 is 11.3. The van der Waals surface area contributed by atoms with Gasteiger partial charge in [0.1, 0.15) is 0 Å². The minimum Gasteiger partial charge on any atom is -0.493 e. The number of halogens is 1. The van der Waals surface area contributed by atoms with Gasteiger partial charge in [-0.1, -0.05) is 23.7 Å². The number of thiocarbonyl (C=S) groups is 1. The minimum absolute atomic E-state index is 0.00832. The predicted molar refractivity (Wildman–Crippen MR) is 98.8 cm³/mol. The molecule has 0 aliphatic heterocycles. The first-order valence-electron chi connectivity index (χ1n) is 7.08. The standard InChI is InChI=1S/C17H19ClN2O2S/c1-11(12-7-8-15(21-2)16(9-12)22-3)19-17(23)20-14-6-4-5-13(18)10-14/h4-11H,1-3H3,(H2,19,20,23). The Morgan fingerprint density at radius 1 is 1.09 bits per heavy atom. The van der Waals surface area contributed by atoms with Crippen LogP contribution in [0.2, 0.25) is 5.02 Å². The summed E-state index contributed by atoms with van der Waals surface area (Å²) in [7, 11) is 3.23. The minimum atomic E-state index is 0.00832. The number of nitrogens with one attached hydrogen (secondary N) is 2. The highest BCUT2D eigenvalue weighted by Gasteiger charge is 2.11. The van der Waals surface area contributed by atoms with Crippen LogP contribution in [-0.2, 0) is 0 Å². The number of ether oxygens (including phenoxy) is 2. The van der Waals surface area contributed by atoms with Gasteiger partial charge in [0.05, 0.1) is 20.3 Å². The maximum absolute atomic E-state index is 5.96. The lowest BCUT2D eigenvalue weighted by Gasteiger charge is -2.19. The molecule has 0 aromatic heterocycles. The molecule has 122 valence electrons. The molecule has 0 amide bonds. The molecule has 0 saturated carbocycles. The fourth-order valence-corrected chi connectivity index (χ4v) is 2.62. The first-order valence-corrected chi connectivity index (χ1v) is 7.87. The highest BCUT2D eigenvalue weighted by molar-refractivity contribution is 7.80. The molecule has 0 fully saturated rings. The first-order chi connectivity index (χ1) is 11.0. The summed E-state index contributed by atoms with van der Waals surface area (Å²) < 4.78 is 10.6. The van der Waals surface area contributed by atoms with E-state index in [1.807, 2.05) is 49.4 Å². The molecule has 2 aromatic carbocycles. The van der Waals surface area contributed by atoms with Crippen LogP contribution < -0.4 is 20.1 Å². The lowest BCUT2D eigenvalue weighted by atomic mass is 10.1. The molecular weight excluding hydrogens is 332 g/mol. The molecule has 23 heavy (non-hydrogen) atoms. The van der Waals surface area contributed by atoms with Crippen molar-refractivity contribution in [1.29, 1.82) is 0 Å². The van der Waals surface area contributed by atoms with E-state index in [1.165, 1.54) is 0 Å². The summed E-state index contributed by atoms with van der Waals surface area (Å²) in [6.07, 6.45) is 0. The van der Waals surface area contributed by atoms with Gasteiger partial charge in [-0.25, -0.2) is 0 Å². The fourth-order valence-electron chi connectivity index (χ4n) is 2.14. The number of benzene rings is 2. The summed E-state index contributed by atoms with van der Waals surface area (Å²) in [5.74, 6) is 1.38. The average Bonchev–Trinajstić information content (AvgIpc) is 2.53. The summed E-state index contributed by atoms with van der Waals surface area (Å²) in [5, 5.41) is 7.53. The van der Waals surface area contributed by atoms with E-state index < -0.39 is 0 Å². The molecule has 0 bridgehead atoms. The smallest absolute Gasteiger partial charge is 0.171 e. The van der Waals surface area contributed by atoms with Gasteiger partial charge in [0.25, 0.3) is 0 Å². The van der Waals surface area contributed by atoms with Crippen LogP contribution in [0.4, 0.5) is 5.69 Å². The Labute approximate surface area is 146 Å². The second-order valence-electron chi connectivity index (χ2n) is 4.94. The topological polar surface area (TPSA) is 42.5 Å². The van der Waals surface area contributed by atoms with E-state index in [2.05, 4.69) is 10.6 Å². The lowest BCUT2D eigenvalue weighted by Crippen LogP contribution is -2.30. The zero-order valence-electron chi connectivity index (χ0n) is 13.2. The van der Waals surface area contributed by atoms with Crippen molar-refractivity contribution in [1.82, 2.24) is 5.32 Å². The van der Waals surface area contributed by atoms with Crippen LogP contribution in [-0.4, -0.2) is 19.3 Å². The first kappa shape index (κ1) is 17.4. The summed E-state index contributed by atoms with van der Waals surface area (Å²) in [6, 6.07) is 13.2. The highest BCUT2D eigenvalue weighted by Crippen LogP contribution is 2.29. The Morgan fingerprint density at radius 2 is 1.83 bits per heavy atom. The molecule has 2 aromatic rings. The van der Waals surface area contributed by atoms with Crippen molar-refractivity contribution in [3.63, 3.8) is 0 Å². The van der Waals surface area contributed by atoms with Gasteiger partial charge in [0, 0.05) is 10.7 Å². The molecule has 0 spiro atoms. The third-order valence-corrected chi connectivity index (χ3v) is 3.79. The van der Waals surface area contributed by atoms with E-state index >= 15 is 0 Å². The molecule has 0 aliphatic carbocycles. The van der Waals surface area contributed by atoms with Crippen LogP contribution in [0, 0.1) is 0 Å². The van der Waals surface area contributed by atoms with Gasteiger partial charge in [0.2, 0.25) is 0 Å². The van der Waals surface area contributed by atoms with Gasteiger partial charge in [-0.05, 0) is 55.0 Å². The van der Waals surface area contributed by atoms with E-state index in [0.717, 1.165) is 11.3 Å². The molecule has 1 unspecified atom stereocenters. The largest absolute Gasteiger partial charge is 0.493 e. The number of methoxy groups -OCH3 is 2. The maximum atomic E-state index is 5.96. The van der Waals surface area contributed by atoms with E-state index in [-0.39, 0.29) is 6.04 Å². The monoisotopic (exact) mass is 350 g/mol. The Balaban J connectivity index is 2.03. The molecule has 4 nitrogen and oxygen atoms in total. The van der Waals surface area contributed by atoms with Crippen molar-refractivity contribution >= 4 is 34.6 Å². The van der Waals surface area contributed by atoms with Gasteiger partial charge in [0.15, 0.2) is 16.6 Å². The average molecular weight is 351 g/mol. The molecule has 0 heterocycles. The van der Waals surface area contributed by atoms with Crippen molar-refractivity contribution < 1.29 is 9.47 Å². The van der Waals surface area contributed by atoms with Crippen LogP contribution >= 0.6 is 23.8 Å². The summed E-state index contributed by atoms with van der Waals surface area (Å²) in [4.78, 5) is 0. The SMILES string of the molecule is COc1ccc(C(C)NC(=S)Nc2cccc(Cl)c2)cc1OC. The predicted octanol–water partition coefficient (Wildman–Crippen LogP) is 4.40. The van der Waals surface area contributed by atoms with Gasteiger partial charge in [-0.2, -0.15) is 0 Å². The molecule has 6 heteroatoms. The van der Waals surface area contributed by atoms with E-state index in [0.29, 0.717) is 21.6 Å². The van der Waals surface area contributed by atoms with Gasteiger partial charge in [-0.3, -0.25) is 0 Å². The molecule has 1 atom stereocenters. The highest BCUT2D eigenvalue weighted by atomic mass is 35.5. The van der Waals surface area contributed by atoms with E-state index in [4.69, 9.17) is 33.3 Å². The molecule has 0 radical (unpaired) electrons. The van der Waals surface area contributed by atoms with Crippen molar-refractivity contribution in [2.75, 3.05) is 19.5 Å². The lowest BCUT2D eigenvalue weighted by molar-refractivity contribution is 0.354. The molecule has 2 rings (SSSR count). The Hall–Kier alpha value is -1.98. The van der Waals surface area contributed by atoms with Crippen LogP contribution in [0.5, 0.6) is 11.5 Å². The van der Waals surface area contributed by atoms with E-state index in [1.54, 1.807) is 14.2 Å². The van der Waals surface area contributed by atoms with Gasteiger partial charge >= 0.3 is 0 Å². The zero-order chi connectivity index (χ0) is 16.8. The fraction of sp³-hybridized carbons (Fsp3) is 0.235. The number of hydrogen-bond donors (Lipinski definition) is 2. The molecular formula is C17H19ClN2O2S. The van der Waals surface area contributed by atoms with Gasteiger partial charge in [-0.15, -0.1) is 0 Å². The third-order valence-electron chi connectivity index (χ3n) is 3.34. The van der Waals surface area contributed by atoms with Crippen LogP contribution in [0.1, 0.15) is 18.5 Å². The second kappa shape index (κ2) is 8.04. The Morgan fingerprint density at radius 3 is 2.48 bits per heavy atom. The molecule has 0 aliphatic rings. The number of hydrogen-bond acceptors (Lipinski definition) is 3. The quantitative estimate of drug-likeness (QED) is 0.782. The maximum Gasteiger partial charge on any atom is 0.171 e. The Bertz CT molecular complexity index is 694. The van der Waals surface area contributed by atoms with Crippen molar-refractivity contribution in [2.45, 2.75) is 13.0 Å². The third kappa shape index (κ3) is 4.74. The summed E-state index contributed by atoms with van der Waals surface area (Å²) in [6.45, 7) is 2.02. The van der Waals surface area contributed by atoms with Crippen molar-refractivity contribution in [3.05, 3.63) is 53.1 Å². The summed E-state index contributed by atoms with van der Waals surface area (Å²) in [5.41, 5.74) is 1.88. The van der Waals surface area contributed by atoms with Crippen molar-refractivity contribution in [2.24, 2.45) is 0 Å². The van der Waals surface area contributed by atoms with Crippen LogP contribution in [0.3, 0.4) is 0 Å². The van der Waals surface area contributed by atoms with E-state index in [9.17, 15) is 0 Å². The normalized spacial score (nSPS) is 11.5. The van der Waals surface area contributed by atoms with Gasteiger partial charge < -0.3 is 20.1 Å². The molecule has 2 N–H and O–H groups in total. The zero-order valence-corrected chi connectivity index (χ0v) is 14.8. The van der Waals surface area contributed by atoms with Crippen molar-refractivity contribution in [3.8, 4) is 11.5 Å². The molecule has 0 saturated heterocycles. The number of anilines is 1. The second-order valence-corrected chi connectivity index (χ2v) is 5.79. The number of rotatable bonds is 5. The van der Waals surface area contributed by atoms with Crippen LogP contribution in [0.25, 0.3) is 0 Å². The Kier molecular flexibility index (Phi) is 6.07.